The highest BCUT2D eigenvalue weighted by Crippen LogP contribution is 2.11. The van der Waals surface area contributed by atoms with Crippen LogP contribution < -0.4 is 5.32 Å². The van der Waals surface area contributed by atoms with Crippen molar-refractivity contribution in [3.8, 4) is 0 Å². The van der Waals surface area contributed by atoms with Crippen LogP contribution >= 0.6 is 0 Å². The summed E-state index contributed by atoms with van der Waals surface area (Å²) in [5.74, 6) is 0. The molecular weight excluding hydrogens is 198 g/mol. The molecule has 1 aliphatic heterocycles. The van der Waals surface area contributed by atoms with Crippen molar-refractivity contribution in [3.63, 3.8) is 0 Å². The number of piperidine rings is 1. The van der Waals surface area contributed by atoms with Gasteiger partial charge in [0.2, 0.25) is 0 Å². The molecule has 96 valence electrons. The lowest BCUT2D eigenvalue weighted by Gasteiger charge is -2.32. The van der Waals surface area contributed by atoms with E-state index in [4.69, 9.17) is 0 Å². The van der Waals surface area contributed by atoms with Gasteiger partial charge in [0.1, 0.15) is 0 Å². The first kappa shape index (κ1) is 13.9. The van der Waals surface area contributed by atoms with Crippen LogP contribution in [0.4, 0.5) is 0 Å². The molecule has 0 aliphatic carbocycles. The van der Waals surface area contributed by atoms with E-state index >= 15 is 0 Å². The Morgan fingerprint density at radius 1 is 1.19 bits per heavy atom. The lowest BCUT2D eigenvalue weighted by atomic mass is 10.1. The molecule has 3 heteroatoms. The quantitative estimate of drug-likeness (QED) is 0.663. The average molecular weight is 227 g/mol. The normalized spacial score (nSPS) is 20.2. The van der Waals surface area contributed by atoms with Gasteiger partial charge in [-0.2, -0.15) is 0 Å². The maximum Gasteiger partial charge on any atom is 0.0192 e. The van der Waals surface area contributed by atoms with Crippen molar-refractivity contribution >= 4 is 0 Å². The van der Waals surface area contributed by atoms with Gasteiger partial charge in [-0.15, -0.1) is 0 Å². The Bertz CT molecular complexity index is 165. The third kappa shape index (κ3) is 5.83. The van der Waals surface area contributed by atoms with Crippen LogP contribution in [0.25, 0.3) is 0 Å². The molecule has 3 nitrogen and oxygen atoms in total. The molecule has 1 aliphatic rings. The first-order valence-corrected chi connectivity index (χ1v) is 6.79. The van der Waals surface area contributed by atoms with Crippen LogP contribution in [0.15, 0.2) is 0 Å². The van der Waals surface area contributed by atoms with Gasteiger partial charge in [-0.1, -0.05) is 6.42 Å². The van der Waals surface area contributed by atoms with Crippen LogP contribution in [0.5, 0.6) is 0 Å². The van der Waals surface area contributed by atoms with E-state index in [1.54, 1.807) is 0 Å². The van der Waals surface area contributed by atoms with Crippen molar-refractivity contribution in [1.82, 2.24) is 15.1 Å². The summed E-state index contributed by atoms with van der Waals surface area (Å²) in [5.41, 5.74) is 0. The highest BCUT2D eigenvalue weighted by molar-refractivity contribution is 4.73. The standard InChI is InChI=1S/C13H29N3/c1-13(16-10-5-4-6-11-16)12-14-8-7-9-15(2)3/h13-14H,4-12H2,1-3H3. The molecule has 0 aromatic rings. The fraction of sp³-hybridized carbons (Fsp3) is 1.00. The van der Waals surface area contributed by atoms with Crippen LogP contribution in [0, 0.1) is 0 Å². The first-order chi connectivity index (χ1) is 7.70. The van der Waals surface area contributed by atoms with Gasteiger partial charge in [0, 0.05) is 12.6 Å². The molecule has 0 aromatic carbocycles. The smallest absolute Gasteiger partial charge is 0.0192 e. The van der Waals surface area contributed by atoms with Gasteiger partial charge in [-0.05, 0) is 66.5 Å². The minimum Gasteiger partial charge on any atom is -0.315 e. The van der Waals surface area contributed by atoms with Crippen molar-refractivity contribution in [2.75, 3.05) is 46.8 Å². The highest BCUT2D eigenvalue weighted by atomic mass is 15.2. The topological polar surface area (TPSA) is 18.5 Å². The van der Waals surface area contributed by atoms with Crippen LogP contribution in [0.1, 0.15) is 32.6 Å². The molecule has 0 bridgehead atoms. The molecule has 1 heterocycles. The SMILES string of the molecule is CC(CNCCCN(C)C)N1CCCCC1. The lowest BCUT2D eigenvalue weighted by molar-refractivity contribution is 0.171. The number of likely N-dealkylation sites (tertiary alicyclic amines) is 1. The predicted octanol–water partition coefficient (Wildman–Crippen LogP) is 1.40. The van der Waals surface area contributed by atoms with Gasteiger partial charge in [0.25, 0.3) is 0 Å². The second-order valence-corrected chi connectivity index (χ2v) is 5.31. The van der Waals surface area contributed by atoms with Crippen molar-refractivity contribution in [2.24, 2.45) is 0 Å². The van der Waals surface area contributed by atoms with Crippen LogP contribution in [0.3, 0.4) is 0 Å². The first-order valence-electron chi connectivity index (χ1n) is 6.79. The zero-order chi connectivity index (χ0) is 11.8. The van der Waals surface area contributed by atoms with Gasteiger partial charge in [-0.25, -0.2) is 0 Å². The average Bonchev–Trinajstić information content (AvgIpc) is 2.29. The van der Waals surface area contributed by atoms with Gasteiger partial charge in [0.05, 0.1) is 0 Å². The van der Waals surface area contributed by atoms with E-state index in [0.717, 1.165) is 13.1 Å². The fourth-order valence-corrected chi connectivity index (χ4v) is 2.32. The zero-order valence-corrected chi connectivity index (χ0v) is 11.3. The molecule has 0 saturated carbocycles. The summed E-state index contributed by atoms with van der Waals surface area (Å²) in [6.07, 6.45) is 5.47. The number of rotatable bonds is 7. The predicted molar refractivity (Wildman–Crippen MR) is 70.9 cm³/mol. The summed E-state index contributed by atoms with van der Waals surface area (Å²) in [6.45, 7) is 8.44. The summed E-state index contributed by atoms with van der Waals surface area (Å²) < 4.78 is 0. The Balaban J connectivity index is 1.98. The minimum absolute atomic E-state index is 0.708. The molecule has 1 fully saturated rings. The molecule has 0 spiro atoms. The molecule has 1 atom stereocenters. The number of hydrogen-bond acceptors (Lipinski definition) is 3. The zero-order valence-electron chi connectivity index (χ0n) is 11.3. The Morgan fingerprint density at radius 2 is 1.88 bits per heavy atom. The van der Waals surface area contributed by atoms with Crippen molar-refractivity contribution < 1.29 is 0 Å². The largest absolute Gasteiger partial charge is 0.315 e. The maximum atomic E-state index is 3.57. The molecule has 1 saturated heterocycles. The van der Waals surface area contributed by atoms with E-state index < -0.39 is 0 Å². The highest BCUT2D eigenvalue weighted by Gasteiger charge is 2.15. The lowest BCUT2D eigenvalue weighted by Crippen LogP contribution is -2.43. The van der Waals surface area contributed by atoms with Gasteiger partial charge < -0.3 is 10.2 Å². The Hall–Kier alpha value is -0.120. The molecule has 16 heavy (non-hydrogen) atoms. The third-order valence-corrected chi connectivity index (χ3v) is 3.41. The van der Waals surface area contributed by atoms with Crippen molar-refractivity contribution in [2.45, 2.75) is 38.6 Å². The number of nitrogens with one attached hydrogen (secondary N) is 1. The molecule has 0 radical (unpaired) electrons. The summed E-state index contributed by atoms with van der Waals surface area (Å²) in [6, 6.07) is 0.708. The third-order valence-electron chi connectivity index (χ3n) is 3.41. The van der Waals surface area contributed by atoms with Crippen molar-refractivity contribution in [1.29, 1.82) is 0 Å². The Morgan fingerprint density at radius 3 is 2.50 bits per heavy atom. The monoisotopic (exact) mass is 227 g/mol. The van der Waals surface area contributed by atoms with E-state index in [1.165, 1.54) is 45.3 Å². The summed E-state index contributed by atoms with van der Waals surface area (Å²) in [5, 5.41) is 3.57. The van der Waals surface area contributed by atoms with E-state index in [2.05, 4.69) is 36.1 Å². The van der Waals surface area contributed by atoms with E-state index in [0.29, 0.717) is 6.04 Å². The van der Waals surface area contributed by atoms with E-state index in [9.17, 15) is 0 Å². The number of hydrogen-bond donors (Lipinski definition) is 1. The minimum atomic E-state index is 0.708. The molecule has 1 rings (SSSR count). The van der Waals surface area contributed by atoms with Crippen LogP contribution in [-0.4, -0.2) is 62.7 Å². The maximum absolute atomic E-state index is 3.57. The molecule has 1 N–H and O–H groups in total. The van der Waals surface area contributed by atoms with Crippen LogP contribution in [0.2, 0.25) is 0 Å². The fourth-order valence-electron chi connectivity index (χ4n) is 2.32. The van der Waals surface area contributed by atoms with Crippen molar-refractivity contribution in [3.05, 3.63) is 0 Å². The summed E-state index contributed by atoms with van der Waals surface area (Å²) in [7, 11) is 4.27. The van der Waals surface area contributed by atoms with E-state index in [1.807, 2.05) is 0 Å². The molecule has 0 aromatic heterocycles. The molecule has 1 unspecified atom stereocenters. The van der Waals surface area contributed by atoms with Crippen LogP contribution in [-0.2, 0) is 0 Å². The Kier molecular flexibility index (Phi) is 7.01. The van der Waals surface area contributed by atoms with Gasteiger partial charge in [-0.3, -0.25) is 4.90 Å². The Labute approximate surface area is 101 Å². The van der Waals surface area contributed by atoms with E-state index in [-0.39, 0.29) is 0 Å². The second-order valence-electron chi connectivity index (χ2n) is 5.31. The van der Waals surface area contributed by atoms with Gasteiger partial charge >= 0.3 is 0 Å². The number of nitrogens with zero attached hydrogens (tertiary/aromatic N) is 2. The summed E-state index contributed by atoms with van der Waals surface area (Å²) in [4.78, 5) is 4.87. The second kappa shape index (κ2) is 8.04. The molecule has 0 amide bonds. The van der Waals surface area contributed by atoms with Gasteiger partial charge in [0.15, 0.2) is 0 Å². The summed E-state index contributed by atoms with van der Waals surface area (Å²) >= 11 is 0. The molecular formula is C13H29N3.